The Labute approximate surface area is 271 Å². The number of nitrogens with zero attached hydrogens (tertiary/aromatic N) is 2. The lowest BCUT2D eigenvalue weighted by Gasteiger charge is -2.12. The first-order chi connectivity index (χ1) is 22.8. The molecule has 0 amide bonds. The van der Waals surface area contributed by atoms with Crippen LogP contribution in [-0.2, 0) is 0 Å². The van der Waals surface area contributed by atoms with Gasteiger partial charge >= 0.3 is 0 Å². The minimum atomic E-state index is 1.18. The molecular formula is C42H24N2S2. The van der Waals surface area contributed by atoms with Crippen molar-refractivity contribution in [3.8, 4) is 11.4 Å². The summed E-state index contributed by atoms with van der Waals surface area (Å²) in [5, 5.41) is 10.5. The normalized spacial score (nSPS) is 12.3. The Hall–Kier alpha value is -5.42. The molecule has 0 fully saturated rings. The van der Waals surface area contributed by atoms with Crippen molar-refractivity contribution in [2.45, 2.75) is 0 Å². The molecule has 7 aromatic carbocycles. The summed E-state index contributed by atoms with van der Waals surface area (Å²) in [5.74, 6) is 0. The second-order valence-electron chi connectivity index (χ2n) is 12.1. The smallest absolute Gasteiger partial charge is 0.0741 e. The zero-order valence-electron chi connectivity index (χ0n) is 24.6. The summed E-state index contributed by atoms with van der Waals surface area (Å²) in [6, 6.07) is 53.6. The molecule has 4 heterocycles. The first-order valence-electron chi connectivity index (χ1n) is 15.6. The van der Waals surface area contributed by atoms with Crippen LogP contribution in [0.1, 0.15) is 0 Å². The third kappa shape index (κ3) is 3.15. The van der Waals surface area contributed by atoms with E-state index in [2.05, 4.69) is 155 Å². The topological polar surface area (TPSA) is 9.86 Å². The Morgan fingerprint density at radius 3 is 1.67 bits per heavy atom. The Morgan fingerprint density at radius 2 is 0.913 bits per heavy atom. The van der Waals surface area contributed by atoms with Crippen LogP contribution in [0.25, 0.3) is 95.3 Å². The molecule has 214 valence electrons. The maximum Gasteiger partial charge on any atom is 0.0741 e. The van der Waals surface area contributed by atoms with Gasteiger partial charge in [-0.2, -0.15) is 0 Å². The Morgan fingerprint density at radius 1 is 0.348 bits per heavy atom. The monoisotopic (exact) mass is 620 g/mol. The first kappa shape index (κ1) is 24.8. The fourth-order valence-corrected chi connectivity index (χ4v) is 10.2. The van der Waals surface area contributed by atoms with Gasteiger partial charge in [0, 0.05) is 68.6 Å². The Bertz CT molecular complexity index is 3020. The molecular weight excluding hydrogens is 597 g/mol. The largest absolute Gasteiger partial charge is 0.308 e. The fourth-order valence-electron chi connectivity index (χ4n) is 7.85. The molecule has 4 heteroatoms. The number of para-hydroxylation sites is 3. The average Bonchev–Trinajstić information content (AvgIpc) is 3.86. The molecule has 0 aliphatic heterocycles. The lowest BCUT2D eigenvalue weighted by atomic mass is 10.0. The van der Waals surface area contributed by atoms with Gasteiger partial charge in [-0.05, 0) is 54.6 Å². The number of thiophene rings is 2. The van der Waals surface area contributed by atoms with Crippen LogP contribution in [0.3, 0.4) is 0 Å². The molecule has 0 saturated carbocycles. The molecule has 11 aromatic rings. The summed E-state index contributed by atoms with van der Waals surface area (Å²) in [5.41, 5.74) is 7.39. The highest BCUT2D eigenvalue weighted by Crippen LogP contribution is 2.51. The second-order valence-corrected chi connectivity index (χ2v) is 14.2. The van der Waals surface area contributed by atoms with Crippen LogP contribution in [0.4, 0.5) is 0 Å². The molecule has 0 radical (unpaired) electrons. The number of fused-ring (bicyclic) bond motifs is 15. The molecule has 0 aliphatic rings. The SMILES string of the molecule is c1ccc(-n2c3ccccc3c3c2c2sc4ccccc4c2c2c4ccccc4n(-c4ccc5sc6ccccc6c5c4)c23)cc1. The van der Waals surface area contributed by atoms with Crippen LogP contribution in [0.2, 0.25) is 0 Å². The molecule has 4 aromatic heterocycles. The van der Waals surface area contributed by atoms with E-state index in [1.165, 1.54) is 95.3 Å². The summed E-state index contributed by atoms with van der Waals surface area (Å²) in [6.45, 7) is 0. The predicted octanol–water partition coefficient (Wildman–Crippen LogP) is 12.6. The van der Waals surface area contributed by atoms with Gasteiger partial charge in [0.1, 0.15) is 0 Å². The third-order valence-corrected chi connectivity index (χ3v) is 12.0. The van der Waals surface area contributed by atoms with Gasteiger partial charge in [-0.1, -0.05) is 91.0 Å². The summed E-state index contributed by atoms with van der Waals surface area (Å²) in [4.78, 5) is 0. The van der Waals surface area contributed by atoms with Crippen LogP contribution in [-0.4, -0.2) is 9.13 Å². The minimum Gasteiger partial charge on any atom is -0.308 e. The zero-order valence-corrected chi connectivity index (χ0v) is 26.2. The third-order valence-electron chi connectivity index (χ3n) is 9.68. The van der Waals surface area contributed by atoms with E-state index in [0.29, 0.717) is 0 Å². The van der Waals surface area contributed by atoms with Gasteiger partial charge in [0.25, 0.3) is 0 Å². The Kier molecular flexibility index (Phi) is 4.90. The van der Waals surface area contributed by atoms with Crippen LogP contribution < -0.4 is 0 Å². The molecule has 0 bridgehead atoms. The van der Waals surface area contributed by atoms with E-state index < -0.39 is 0 Å². The van der Waals surface area contributed by atoms with Gasteiger partial charge in [-0.15, -0.1) is 22.7 Å². The maximum atomic E-state index is 2.55. The van der Waals surface area contributed by atoms with Gasteiger partial charge < -0.3 is 9.13 Å². The van der Waals surface area contributed by atoms with E-state index in [9.17, 15) is 0 Å². The molecule has 0 spiro atoms. The highest BCUT2D eigenvalue weighted by Gasteiger charge is 2.26. The summed E-state index contributed by atoms with van der Waals surface area (Å²) < 4.78 is 10.4. The highest BCUT2D eigenvalue weighted by atomic mass is 32.1. The summed E-state index contributed by atoms with van der Waals surface area (Å²) in [7, 11) is 0. The molecule has 0 N–H and O–H groups in total. The summed E-state index contributed by atoms with van der Waals surface area (Å²) >= 11 is 3.79. The van der Waals surface area contributed by atoms with E-state index in [0.717, 1.165) is 0 Å². The van der Waals surface area contributed by atoms with Gasteiger partial charge in [-0.3, -0.25) is 0 Å². The quantitative estimate of drug-likeness (QED) is 0.182. The number of benzene rings is 7. The van der Waals surface area contributed by atoms with Crippen LogP contribution >= 0.6 is 22.7 Å². The van der Waals surface area contributed by atoms with Gasteiger partial charge in [0.2, 0.25) is 0 Å². The number of hydrogen-bond donors (Lipinski definition) is 0. The van der Waals surface area contributed by atoms with E-state index in [1.54, 1.807) is 0 Å². The van der Waals surface area contributed by atoms with Crippen molar-refractivity contribution in [3.63, 3.8) is 0 Å². The highest BCUT2D eigenvalue weighted by molar-refractivity contribution is 7.27. The molecule has 46 heavy (non-hydrogen) atoms. The molecule has 0 saturated heterocycles. The zero-order chi connectivity index (χ0) is 29.9. The molecule has 0 aliphatic carbocycles. The van der Waals surface area contributed by atoms with Crippen molar-refractivity contribution in [2.24, 2.45) is 0 Å². The lowest BCUT2D eigenvalue weighted by Crippen LogP contribution is -1.95. The van der Waals surface area contributed by atoms with Crippen molar-refractivity contribution < 1.29 is 0 Å². The number of aromatic nitrogens is 2. The molecule has 0 unspecified atom stereocenters. The first-order valence-corrected chi connectivity index (χ1v) is 17.2. The van der Waals surface area contributed by atoms with Crippen molar-refractivity contribution in [2.75, 3.05) is 0 Å². The molecule has 11 rings (SSSR count). The fraction of sp³-hybridized carbons (Fsp3) is 0. The maximum absolute atomic E-state index is 2.55. The average molecular weight is 621 g/mol. The number of rotatable bonds is 2. The Balaban J connectivity index is 1.45. The van der Waals surface area contributed by atoms with Crippen LogP contribution in [0.5, 0.6) is 0 Å². The van der Waals surface area contributed by atoms with Crippen molar-refractivity contribution in [1.82, 2.24) is 9.13 Å². The van der Waals surface area contributed by atoms with Crippen molar-refractivity contribution in [3.05, 3.63) is 146 Å². The molecule has 2 nitrogen and oxygen atoms in total. The van der Waals surface area contributed by atoms with E-state index in [1.807, 2.05) is 22.7 Å². The van der Waals surface area contributed by atoms with Crippen molar-refractivity contribution in [1.29, 1.82) is 0 Å². The van der Waals surface area contributed by atoms with Gasteiger partial charge in [-0.25, -0.2) is 0 Å². The minimum absolute atomic E-state index is 1.18. The summed E-state index contributed by atoms with van der Waals surface area (Å²) in [6.07, 6.45) is 0. The van der Waals surface area contributed by atoms with Crippen LogP contribution in [0.15, 0.2) is 146 Å². The lowest BCUT2D eigenvalue weighted by molar-refractivity contribution is 1.18. The van der Waals surface area contributed by atoms with Gasteiger partial charge in [0.15, 0.2) is 0 Å². The number of hydrogen-bond acceptors (Lipinski definition) is 2. The molecule has 0 atom stereocenters. The van der Waals surface area contributed by atoms with Gasteiger partial charge in [0.05, 0.1) is 26.8 Å². The van der Waals surface area contributed by atoms with E-state index >= 15 is 0 Å². The predicted molar refractivity (Wildman–Crippen MR) is 201 cm³/mol. The van der Waals surface area contributed by atoms with Crippen molar-refractivity contribution >= 4 is 107 Å². The van der Waals surface area contributed by atoms with E-state index in [-0.39, 0.29) is 0 Å². The van der Waals surface area contributed by atoms with Crippen LogP contribution in [0, 0.1) is 0 Å². The standard InChI is InChI=1S/C42H24N2S2/c1-2-12-25(13-3-1)43-33-19-9-5-16-29(33)39-40-37(38-30-17-7-11-21-35(30)46-42(38)41(39)43)28-15-4-8-18-32(28)44(40)26-22-23-36-31(24-26)27-14-6-10-20-34(27)45-36/h1-24H. The van der Waals surface area contributed by atoms with E-state index in [4.69, 9.17) is 0 Å². The second kappa shape index (κ2) is 9.07.